The minimum atomic E-state index is -0.314. The molecular formula is C22H17ClI2N2O2. The second-order valence-corrected chi connectivity index (χ2v) is 9.06. The number of hydrogen-bond donors (Lipinski definition) is 1. The van der Waals surface area contributed by atoms with E-state index in [2.05, 4.69) is 86.9 Å². The molecule has 0 aromatic heterocycles. The number of benzene rings is 3. The number of carbonyl (C=O) groups is 1. The van der Waals surface area contributed by atoms with Gasteiger partial charge in [0.05, 0.1) is 13.4 Å². The van der Waals surface area contributed by atoms with Crippen molar-refractivity contribution in [2.45, 2.75) is 13.5 Å². The number of halogens is 3. The van der Waals surface area contributed by atoms with Gasteiger partial charge in [0.2, 0.25) is 0 Å². The predicted molar refractivity (Wildman–Crippen MR) is 134 cm³/mol. The number of nitrogens with one attached hydrogen (secondary N) is 1. The fourth-order valence-electron chi connectivity index (χ4n) is 2.49. The number of ether oxygens (including phenoxy) is 1. The van der Waals surface area contributed by atoms with Crippen molar-refractivity contribution in [2.24, 2.45) is 5.10 Å². The Morgan fingerprint density at radius 3 is 2.45 bits per heavy atom. The van der Waals surface area contributed by atoms with E-state index in [0.29, 0.717) is 17.2 Å². The smallest absolute Gasteiger partial charge is 0.271 e. The lowest BCUT2D eigenvalue weighted by molar-refractivity contribution is 0.0955. The van der Waals surface area contributed by atoms with Crippen LogP contribution in [0.1, 0.15) is 27.0 Å². The Hall–Kier alpha value is -1.65. The number of amides is 1. The third-order valence-corrected chi connectivity index (χ3v) is 5.83. The second kappa shape index (κ2) is 10.4. The van der Waals surface area contributed by atoms with Crippen LogP contribution in [0.3, 0.4) is 0 Å². The van der Waals surface area contributed by atoms with Crippen molar-refractivity contribution in [3.63, 3.8) is 0 Å². The number of nitrogens with zero attached hydrogens (tertiary/aromatic N) is 1. The van der Waals surface area contributed by atoms with E-state index in [1.807, 2.05) is 12.1 Å². The van der Waals surface area contributed by atoms with Gasteiger partial charge in [0.25, 0.3) is 5.91 Å². The summed E-state index contributed by atoms with van der Waals surface area (Å²) in [6.07, 6.45) is 1.61. The highest BCUT2D eigenvalue weighted by Gasteiger charge is 2.09. The molecule has 4 nitrogen and oxygen atoms in total. The molecule has 0 radical (unpaired) electrons. The first-order chi connectivity index (χ1) is 13.9. The Balaban J connectivity index is 1.64. The standard InChI is InChI=1S/C22H17ClI2N2O2/c1-14-5-7-15(8-6-14)13-29-21-19(24)9-16(10-20(21)25)12-26-27-22(28)17-3-2-4-18(23)11-17/h2-12H,13H2,1H3,(H,27,28)/b26-12-. The van der Waals surface area contributed by atoms with E-state index in [1.54, 1.807) is 30.5 Å². The van der Waals surface area contributed by atoms with Crippen LogP contribution >= 0.6 is 56.8 Å². The molecule has 0 atom stereocenters. The maximum Gasteiger partial charge on any atom is 0.271 e. The highest BCUT2D eigenvalue weighted by atomic mass is 127. The van der Waals surface area contributed by atoms with Gasteiger partial charge in [0, 0.05) is 10.6 Å². The average Bonchev–Trinajstić information content (AvgIpc) is 2.68. The zero-order valence-corrected chi connectivity index (χ0v) is 20.5. The first-order valence-corrected chi connectivity index (χ1v) is 11.2. The minimum absolute atomic E-state index is 0.314. The van der Waals surface area contributed by atoms with Crippen LogP contribution in [0.2, 0.25) is 5.02 Å². The van der Waals surface area contributed by atoms with Crippen molar-refractivity contribution in [1.29, 1.82) is 0 Å². The van der Waals surface area contributed by atoms with Crippen molar-refractivity contribution in [3.8, 4) is 5.75 Å². The topological polar surface area (TPSA) is 50.7 Å². The molecule has 3 rings (SSSR count). The first-order valence-electron chi connectivity index (χ1n) is 8.69. The van der Waals surface area contributed by atoms with Crippen molar-refractivity contribution in [1.82, 2.24) is 5.43 Å². The summed E-state index contributed by atoms with van der Waals surface area (Å²) in [5.74, 6) is 0.526. The maximum absolute atomic E-state index is 12.1. The molecule has 7 heteroatoms. The van der Waals surface area contributed by atoms with Gasteiger partial charge in [-0.3, -0.25) is 4.79 Å². The van der Waals surface area contributed by atoms with E-state index in [4.69, 9.17) is 16.3 Å². The van der Waals surface area contributed by atoms with Gasteiger partial charge < -0.3 is 4.74 Å². The summed E-state index contributed by atoms with van der Waals surface area (Å²) >= 11 is 10.4. The minimum Gasteiger partial charge on any atom is -0.487 e. The molecule has 0 aliphatic heterocycles. The largest absolute Gasteiger partial charge is 0.487 e. The molecule has 1 amide bonds. The van der Waals surface area contributed by atoms with Crippen LogP contribution in [-0.4, -0.2) is 12.1 Å². The molecular weight excluding hydrogens is 614 g/mol. The zero-order chi connectivity index (χ0) is 20.8. The Morgan fingerprint density at radius 1 is 1.10 bits per heavy atom. The average molecular weight is 631 g/mol. The molecule has 0 aliphatic rings. The summed E-state index contributed by atoms with van der Waals surface area (Å²) < 4.78 is 7.97. The third-order valence-electron chi connectivity index (χ3n) is 3.99. The van der Waals surface area contributed by atoms with Crippen LogP contribution in [0.25, 0.3) is 0 Å². The lowest BCUT2D eigenvalue weighted by Gasteiger charge is -2.11. The lowest BCUT2D eigenvalue weighted by atomic mass is 10.2. The van der Waals surface area contributed by atoms with E-state index < -0.39 is 0 Å². The van der Waals surface area contributed by atoms with E-state index in [1.165, 1.54) is 5.56 Å². The van der Waals surface area contributed by atoms with Gasteiger partial charge in [-0.25, -0.2) is 5.43 Å². The molecule has 0 bridgehead atoms. The molecule has 0 saturated carbocycles. The van der Waals surface area contributed by atoms with Gasteiger partial charge in [-0.1, -0.05) is 47.5 Å². The molecule has 29 heavy (non-hydrogen) atoms. The number of hydrazone groups is 1. The fraction of sp³-hybridized carbons (Fsp3) is 0.0909. The van der Waals surface area contributed by atoms with Gasteiger partial charge >= 0.3 is 0 Å². The molecule has 148 valence electrons. The van der Waals surface area contributed by atoms with Gasteiger partial charge in [0.15, 0.2) is 0 Å². The summed E-state index contributed by atoms with van der Waals surface area (Å²) in [4.78, 5) is 12.1. The van der Waals surface area contributed by atoms with E-state index in [9.17, 15) is 4.79 Å². The van der Waals surface area contributed by atoms with E-state index in [0.717, 1.165) is 24.0 Å². The fourth-order valence-corrected chi connectivity index (χ4v) is 4.81. The third kappa shape index (κ3) is 6.42. The summed E-state index contributed by atoms with van der Waals surface area (Å²) in [6.45, 7) is 2.57. The molecule has 1 N–H and O–H groups in total. The van der Waals surface area contributed by atoms with Crippen LogP contribution in [0, 0.1) is 14.1 Å². The zero-order valence-electron chi connectivity index (χ0n) is 15.5. The van der Waals surface area contributed by atoms with Crippen LogP contribution in [0.5, 0.6) is 5.75 Å². The molecule has 0 fully saturated rings. The predicted octanol–water partition coefficient (Wildman–Crippen LogP) is 6.20. The van der Waals surface area contributed by atoms with E-state index >= 15 is 0 Å². The summed E-state index contributed by atoms with van der Waals surface area (Å²) in [6, 6.07) is 18.9. The SMILES string of the molecule is Cc1ccc(COc2c(I)cc(/C=N\NC(=O)c3cccc(Cl)c3)cc2I)cc1. The summed E-state index contributed by atoms with van der Waals surface area (Å²) in [5, 5.41) is 4.55. The van der Waals surface area contributed by atoms with Crippen LogP contribution < -0.4 is 10.2 Å². The number of carbonyl (C=O) groups excluding carboxylic acids is 1. The molecule has 3 aromatic carbocycles. The molecule has 0 spiro atoms. The lowest BCUT2D eigenvalue weighted by Crippen LogP contribution is -2.17. The molecule has 0 saturated heterocycles. The van der Waals surface area contributed by atoms with E-state index in [-0.39, 0.29) is 5.91 Å². The Bertz CT molecular complexity index is 1030. The van der Waals surface area contributed by atoms with Crippen molar-refractivity contribution < 1.29 is 9.53 Å². The summed E-state index contributed by atoms with van der Waals surface area (Å²) in [5.41, 5.74) is 6.19. The van der Waals surface area contributed by atoms with Crippen LogP contribution in [-0.2, 0) is 6.61 Å². The van der Waals surface area contributed by atoms with Gasteiger partial charge in [-0.05, 0) is 93.6 Å². The van der Waals surface area contributed by atoms with Gasteiger partial charge in [-0.2, -0.15) is 5.10 Å². The number of hydrogen-bond acceptors (Lipinski definition) is 3. The molecule has 3 aromatic rings. The normalized spacial score (nSPS) is 10.9. The Kier molecular flexibility index (Phi) is 7.91. The molecule has 0 unspecified atom stereocenters. The van der Waals surface area contributed by atoms with Crippen molar-refractivity contribution in [2.75, 3.05) is 0 Å². The number of rotatable bonds is 6. The number of aryl methyl sites for hydroxylation is 1. The first kappa shape index (κ1) is 22.0. The highest BCUT2D eigenvalue weighted by Crippen LogP contribution is 2.29. The monoisotopic (exact) mass is 630 g/mol. The summed E-state index contributed by atoms with van der Waals surface area (Å²) in [7, 11) is 0. The quantitative estimate of drug-likeness (QED) is 0.200. The highest BCUT2D eigenvalue weighted by molar-refractivity contribution is 14.1. The Labute approximate surface area is 202 Å². The molecule has 0 aliphatic carbocycles. The van der Waals surface area contributed by atoms with Crippen molar-refractivity contribution in [3.05, 3.63) is 95.1 Å². The van der Waals surface area contributed by atoms with Crippen molar-refractivity contribution >= 4 is 68.9 Å². The van der Waals surface area contributed by atoms with Gasteiger partial charge in [-0.15, -0.1) is 0 Å². The van der Waals surface area contributed by atoms with Crippen LogP contribution in [0.4, 0.5) is 0 Å². The van der Waals surface area contributed by atoms with Gasteiger partial charge in [0.1, 0.15) is 12.4 Å². The Morgan fingerprint density at radius 2 is 1.79 bits per heavy atom. The maximum atomic E-state index is 12.1. The van der Waals surface area contributed by atoms with Crippen LogP contribution in [0.15, 0.2) is 65.8 Å². The second-order valence-electron chi connectivity index (χ2n) is 6.30. The molecule has 0 heterocycles.